The number of rotatable bonds is 6. The minimum atomic E-state index is -1.31. The van der Waals surface area contributed by atoms with Crippen molar-refractivity contribution in [2.24, 2.45) is 0 Å². The van der Waals surface area contributed by atoms with Gasteiger partial charge in [0, 0.05) is 5.56 Å². The van der Waals surface area contributed by atoms with Crippen molar-refractivity contribution in [3.63, 3.8) is 0 Å². The first-order valence-electron chi connectivity index (χ1n) is 8.79. The molecule has 3 rings (SSSR count). The molecular weight excluding hydrogens is 337 g/mol. The van der Waals surface area contributed by atoms with Crippen molar-refractivity contribution in [2.75, 3.05) is 7.11 Å². The van der Waals surface area contributed by atoms with E-state index in [0.29, 0.717) is 5.56 Å². The standard InChI is InChI=1S/C22H21F3O/c1-3-4-5-6-14-7-8-16-12-17(10-9-15(16)11-14)18-13-19(23)22(26-2)21(25)20(18)24/h7-13H,3-6H2,1-2H3. The van der Waals surface area contributed by atoms with Crippen molar-refractivity contribution < 1.29 is 17.9 Å². The van der Waals surface area contributed by atoms with Crippen molar-refractivity contribution in [1.82, 2.24) is 0 Å². The van der Waals surface area contributed by atoms with Gasteiger partial charge in [-0.05, 0) is 46.9 Å². The SMILES string of the molecule is CCCCCc1ccc2cc(-c3cc(F)c(OC)c(F)c3F)ccc2c1. The smallest absolute Gasteiger partial charge is 0.204 e. The van der Waals surface area contributed by atoms with E-state index in [1.54, 1.807) is 12.1 Å². The average Bonchev–Trinajstić information content (AvgIpc) is 2.65. The molecule has 0 bridgehead atoms. The molecule has 4 heteroatoms. The highest BCUT2D eigenvalue weighted by molar-refractivity contribution is 5.88. The van der Waals surface area contributed by atoms with Gasteiger partial charge in [-0.15, -0.1) is 0 Å². The number of benzene rings is 3. The number of aryl methyl sites for hydroxylation is 1. The molecule has 0 saturated carbocycles. The molecule has 0 radical (unpaired) electrons. The van der Waals surface area contributed by atoms with Crippen molar-refractivity contribution >= 4 is 10.8 Å². The van der Waals surface area contributed by atoms with Gasteiger partial charge in [0.2, 0.25) is 5.82 Å². The molecule has 0 saturated heterocycles. The van der Waals surface area contributed by atoms with E-state index in [-0.39, 0.29) is 5.56 Å². The molecule has 0 amide bonds. The summed E-state index contributed by atoms with van der Waals surface area (Å²) in [5.74, 6) is -4.05. The van der Waals surface area contributed by atoms with Gasteiger partial charge in [-0.25, -0.2) is 8.78 Å². The maximum Gasteiger partial charge on any atom is 0.204 e. The Hall–Kier alpha value is -2.49. The van der Waals surface area contributed by atoms with E-state index < -0.39 is 23.2 Å². The molecule has 0 atom stereocenters. The Kier molecular flexibility index (Phi) is 5.50. The van der Waals surface area contributed by atoms with Crippen LogP contribution in [0.2, 0.25) is 0 Å². The zero-order chi connectivity index (χ0) is 18.7. The fourth-order valence-electron chi connectivity index (χ4n) is 3.17. The topological polar surface area (TPSA) is 9.23 Å². The van der Waals surface area contributed by atoms with Crippen LogP contribution in [0.5, 0.6) is 5.75 Å². The molecule has 3 aromatic carbocycles. The largest absolute Gasteiger partial charge is 0.491 e. The average molecular weight is 358 g/mol. The van der Waals surface area contributed by atoms with Crippen LogP contribution in [-0.4, -0.2) is 7.11 Å². The maximum atomic E-state index is 14.3. The number of hydrogen-bond donors (Lipinski definition) is 0. The van der Waals surface area contributed by atoms with Crippen molar-refractivity contribution in [1.29, 1.82) is 0 Å². The molecule has 0 aliphatic carbocycles. The first-order valence-corrected chi connectivity index (χ1v) is 8.79. The fraction of sp³-hybridized carbons (Fsp3) is 0.273. The summed E-state index contributed by atoms with van der Waals surface area (Å²) in [5, 5.41) is 1.93. The molecule has 0 aliphatic rings. The predicted molar refractivity (Wildman–Crippen MR) is 99.0 cm³/mol. The molecule has 0 aliphatic heterocycles. The van der Waals surface area contributed by atoms with Crippen LogP contribution in [-0.2, 0) is 6.42 Å². The van der Waals surface area contributed by atoms with Crippen molar-refractivity contribution in [2.45, 2.75) is 32.6 Å². The summed E-state index contributed by atoms with van der Waals surface area (Å²) in [5.41, 5.74) is 1.57. The Morgan fingerprint density at radius 1 is 0.846 bits per heavy atom. The van der Waals surface area contributed by atoms with Crippen LogP contribution in [0.15, 0.2) is 42.5 Å². The second-order valence-electron chi connectivity index (χ2n) is 6.42. The zero-order valence-corrected chi connectivity index (χ0v) is 14.9. The van der Waals surface area contributed by atoms with Crippen molar-refractivity contribution in [3.05, 3.63) is 65.5 Å². The van der Waals surface area contributed by atoms with Gasteiger partial charge in [0.15, 0.2) is 17.4 Å². The van der Waals surface area contributed by atoms with Gasteiger partial charge in [-0.1, -0.05) is 50.1 Å². The highest BCUT2D eigenvalue weighted by Crippen LogP contribution is 2.33. The molecular formula is C22H21F3O. The highest BCUT2D eigenvalue weighted by atomic mass is 19.2. The molecule has 0 aromatic heterocycles. The molecule has 0 unspecified atom stereocenters. The number of methoxy groups -OCH3 is 1. The number of ether oxygens (including phenoxy) is 1. The van der Waals surface area contributed by atoms with Crippen LogP contribution in [0.1, 0.15) is 31.7 Å². The van der Waals surface area contributed by atoms with E-state index in [1.807, 2.05) is 18.2 Å². The molecule has 1 nitrogen and oxygen atoms in total. The Bertz CT molecular complexity index is 934. The van der Waals surface area contributed by atoms with Crippen LogP contribution in [0.3, 0.4) is 0 Å². The van der Waals surface area contributed by atoms with E-state index in [0.717, 1.165) is 36.8 Å². The van der Waals surface area contributed by atoms with Gasteiger partial charge in [0.05, 0.1) is 7.11 Å². The van der Waals surface area contributed by atoms with Crippen LogP contribution >= 0.6 is 0 Å². The molecule has 0 spiro atoms. The number of halogens is 3. The maximum absolute atomic E-state index is 14.3. The van der Waals surface area contributed by atoms with E-state index in [2.05, 4.69) is 17.7 Å². The Morgan fingerprint density at radius 2 is 1.58 bits per heavy atom. The van der Waals surface area contributed by atoms with Gasteiger partial charge in [0.25, 0.3) is 0 Å². The van der Waals surface area contributed by atoms with Crippen LogP contribution in [0, 0.1) is 17.5 Å². The lowest BCUT2D eigenvalue weighted by atomic mass is 9.98. The molecule has 26 heavy (non-hydrogen) atoms. The first-order chi connectivity index (χ1) is 12.5. The third-order valence-corrected chi connectivity index (χ3v) is 4.61. The lowest BCUT2D eigenvalue weighted by molar-refractivity contribution is 0.347. The molecule has 0 fully saturated rings. The number of fused-ring (bicyclic) bond motifs is 1. The number of hydrogen-bond acceptors (Lipinski definition) is 1. The summed E-state index contributed by atoms with van der Waals surface area (Å²) in [4.78, 5) is 0. The molecule has 136 valence electrons. The summed E-state index contributed by atoms with van der Waals surface area (Å²) < 4.78 is 46.9. The lowest BCUT2D eigenvalue weighted by Gasteiger charge is -2.11. The minimum absolute atomic E-state index is 0.116. The normalized spacial score (nSPS) is 11.1. The van der Waals surface area contributed by atoms with Crippen molar-refractivity contribution in [3.8, 4) is 16.9 Å². The van der Waals surface area contributed by atoms with E-state index in [9.17, 15) is 13.2 Å². The molecule has 3 aromatic rings. The van der Waals surface area contributed by atoms with E-state index in [4.69, 9.17) is 0 Å². The van der Waals surface area contributed by atoms with Gasteiger partial charge in [-0.2, -0.15) is 4.39 Å². The monoisotopic (exact) mass is 358 g/mol. The van der Waals surface area contributed by atoms with Gasteiger partial charge >= 0.3 is 0 Å². The summed E-state index contributed by atoms with van der Waals surface area (Å²) in [6.07, 6.45) is 4.55. The Morgan fingerprint density at radius 3 is 2.31 bits per heavy atom. The zero-order valence-electron chi connectivity index (χ0n) is 14.9. The quantitative estimate of drug-likeness (QED) is 0.353. The summed E-state index contributed by atoms with van der Waals surface area (Å²) in [6.45, 7) is 2.17. The Labute approximate surface area is 151 Å². The minimum Gasteiger partial charge on any atom is -0.491 e. The van der Waals surface area contributed by atoms with Crippen LogP contribution in [0.4, 0.5) is 13.2 Å². The van der Waals surface area contributed by atoms with Crippen LogP contribution in [0.25, 0.3) is 21.9 Å². The fourth-order valence-corrected chi connectivity index (χ4v) is 3.17. The highest BCUT2D eigenvalue weighted by Gasteiger charge is 2.20. The summed E-state index contributed by atoms with van der Waals surface area (Å²) in [7, 11) is 1.11. The van der Waals surface area contributed by atoms with Gasteiger partial charge in [-0.3, -0.25) is 0 Å². The van der Waals surface area contributed by atoms with Crippen LogP contribution < -0.4 is 4.74 Å². The second-order valence-corrected chi connectivity index (χ2v) is 6.42. The second kappa shape index (κ2) is 7.81. The summed E-state index contributed by atoms with van der Waals surface area (Å²) >= 11 is 0. The molecule has 0 N–H and O–H groups in total. The third kappa shape index (κ3) is 3.55. The summed E-state index contributed by atoms with van der Waals surface area (Å²) in [6, 6.07) is 12.4. The van der Waals surface area contributed by atoms with E-state index in [1.165, 1.54) is 18.4 Å². The van der Waals surface area contributed by atoms with E-state index >= 15 is 0 Å². The Balaban J connectivity index is 1.98. The first kappa shape index (κ1) is 18.3. The molecule has 0 heterocycles. The van der Waals surface area contributed by atoms with Gasteiger partial charge in [0.1, 0.15) is 0 Å². The number of unbranched alkanes of at least 4 members (excludes halogenated alkanes) is 2. The lowest BCUT2D eigenvalue weighted by Crippen LogP contribution is -1.99. The van der Waals surface area contributed by atoms with Gasteiger partial charge < -0.3 is 4.74 Å². The predicted octanol–water partition coefficient (Wildman–Crippen LogP) is 6.67. The third-order valence-electron chi connectivity index (χ3n) is 4.61.